The van der Waals surface area contributed by atoms with E-state index in [9.17, 15) is 4.79 Å². The number of nitrogens with zero attached hydrogens (tertiary/aromatic N) is 1. The van der Waals surface area contributed by atoms with Gasteiger partial charge in [-0.3, -0.25) is 4.79 Å². The van der Waals surface area contributed by atoms with Crippen molar-refractivity contribution in [3.05, 3.63) is 24.1 Å². The van der Waals surface area contributed by atoms with Gasteiger partial charge >= 0.3 is 0 Å². The Kier molecular flexibility index (Phi) is 10.0. The lowest BCUT2D eigenvalue weighted by molar-refractivity contribution is -0.105. The zero-order chi connectivity index (χ0) is 15.4. The van der Waals surface area contributed by atoms with Crippen LogP contribution in [-0.2, 0) is 11.2 Å². The van der Waals surface area contributed by atoms with Gasteiger partial charge in [-0.05, 0) is 24.6 Å². The van der Waals surface area contributed by atoms with E-state index in [0.29, 0.717) is 6.41 Å². The average Bonchev–Trinajstić information content (AvgIpc) is 2.91. The van der Waals surface area contributed by atoms with Crippen LogP contribution in [0.3, 0.4) is 0 Å². The number of rotatable bonds is 5. The SMILES string of the molecule is CC.CC.CCCCc1nc2cc(NC=O)ccc2o1. The Morgan fingerprint density at radius 2 is 1.95 bits per heavy atom. The highest BCUT2D eigenvalue weighted by atomic mass is 16.3. The van der Waals surface area contributed by atoms with E-state index < -0.39 is 0 Å². The summed E-state index contributed by atoms with van der Waals surface area (Å²) >= 11 is 0. The fraction of sp³-hybridized carbons (Fsp3) is 0.500. The Balaban J connectivity index is 0.000000829. The number of carbonyl (C=O) groups excluding carboxylic acids is 1. The third-order valence-electron chi connectivity index (χ3n) is 2.40. The van der Waals surface area contributed by atoms with E-state index in [-0.39, 0.29) is 0 Å². The summed E-state index contributed by atoms with van der Waals surface area (Å²) < 4.78 is 5.58. The molecule has 1 heterocycles. The molecule has 4 nitrogen and oxygen atoms in total. The maximum Gasteiger partial charge on any atom is 0.211 e. The summed E-state index contributed by atoms with van der Waals surface area (Å²) in [5, 5.41) is 2.59. The highest BCUT2D eigenvalue weighted by Crippen LogP contribution is 2.20. The molecule has 0 radical (unpaired) electrons. The second kappa shape index (κ2) is 11.0. The van der Waals surface area contributed by atoms with Gasteiger partial charge in [-0.15, -0.1) is 0 Å². The number of amides is 1. The predicted octanol–water partition coefficient (Wildman–Crippen LogP) is 4.79. The molecule has 0 saturated carbocycles. The molecular weight excluding hydrogens is 252 g/mol. The van der Waals surface area contributed by atoms with Crippen LogP contribution in [0.4, 0.5) is 5.69 Å². The van der Waals surface area contributed by atoms with E-state index in [1.807, 2.05) is 39.8 Å². The topological polar surface area (TPSA) is 55.1 Å². The van der Waals surface area contributed by atoms with E-state index in [1.165, 1.54) is 0 Å². The largest absolute Gasteiger partial charge is 0.441 e. The summed E-state index contributed by atoms with van der Waals surface area (Å²) in [6.45, 7) is 10.1. The van der Waals surface area contributed by atoms with Crippen LogP contribution in [0.15, 0.2) is 22.6 Å². The van der Waals surface area contributed by atoms with Crippen molar-refractivity contribution in [1.82, 2.24) is 4.98 Å². The molecule has 4 heteroatoms. The summed E-state index contributed by atoms with van der Waals surface area (Å²) in [6.07, 6.45) is 3.71. The Morgan fingerprint density at radius 3 is 2.55 bits per heavy atom. The Bertz CT molecular complexity index is 492. The third-order valence-corrected chi connectivity index (χ3v) is 2.40. The van der Waals surface area contributed by atoms with Gasteiger partial charge in [0, 0.05) is 12.1 Å². The first kappa shape index (κ1) is 18.2. The van der Waals surface area contributed by atoms with Gasteiger partial charge in [0.15, 0.2) is 11.5 Å². The average molecular weight is 278 g/mol. The molecule has 1 aromatic heterocycles. The highest BCUT2D eigenvalue weighted by Gasteiger charge is 2.05. The number of oxazole rings is 1. The van der Waals surface area contributed by atoms with E-state index in [1.54, 1.807) is 6.07 Å². The van der Waals surface area contributed by atoms with E-state index in [0.717, 1.165) is 41.9 Å². The number of benzene rings is 1. The minimum absolute atomic E-state index is 0.652. The van der Waals surface area contributed by atoms with Gasteiger partial charge < -0.3 is 9.73 Å². The maximum atomic E-state index is 10.3. The van der Waals surface area contributed by atoms with E-state index in [2.05, 4.69) is 17.2 Å². The minimum Gasteiger partial charge on any atom is -0.441 e. The van der Waals surface area contributed by atoms with Gasteiger partial charge in [0.05, 0.1) is 0 Å². The molecule has 1 aromatic carbocycles. The number of anilines is 1. The van der Waals surface area contributed by atoms with Gasteiger partial charge in [-0.1, -0.05) is 41.0 Å². The van der Waals surface area contributed by atoms with Crippen molar-refractivity contribution in [3.8, 4) is 0 Å². The van der Waals surface area contributed by atoms with E-state index >= 15 is 0 Å². The second-order valence-corrected chi connectivity index (χ2v) is 3.66. The lowest BCUT2D eigenvalue weighted by atomic mass is 10.2. The molecule has 0 aliphatic carbocycles. The third kappa shape index (κ3) is 5.43. The quantitative estimate of drug-likeness (QED) is 0.800. The number of carbonyl (C=O) groups is 1. The van der Waals surface area contributed by atoms with Crippen molar-refractivity contribution in [1.29, 1.82) is 0 Å². The fourth-order valence-corrected chi connectivity index (χ4v) is 1.57. The number of aryl methyl sites for hydroxylation is 1. The van der Waals surface area contributed by atoms with Crippen molar-refractivity contribution in [3.63, 3.8) is 0 Å². The number of nitrogens with one attached hydrogen (secondary N) is 1. The molecule has 1 N–H and O–H groups in total. The Hall–Kier alpha value is -1.84. The van der Waals surface area contributed by atoms with Crippen molar-refractivity contribution < 1.29 is 9.21 Å². The van der Waals surface area contributed by atoms with Crippen molar-refractivity contribution in [2.24, 2.45) is 0 Å². The van der Waals surface area contributed by atoms with Crippen LogP contribution in [0.1, 0.15) is 53.4 Å². The normalized spacial score (nSPS) is 9.05. The first-order valence-electron chi connectivity index (χ1n) is 7.43. The molecule has 0 unspecified atom stereocenters. The second-order valence-electron chi connectivity index (χ2n) is 3.66. The highest BCUT2D eigenvalue weighted by molar-refractivity contribution is 5.81. The fourth-order valence-electron chi connectivity index (χ4n) is 1.57. The molecule has 112 valence electrons. The van der Waals surface area contributed by atoms with Crippen LogP contribution < -0.4 is 5.32 Å². The molecule has 0 aliphatic heterocycles. The molecule has 20 heavy (non-hydrogen) atoms. The van der Waals surface area contributed by atoms with E-state index in [4.69, 9.17) is 4.42 Å². The lowest BCUT2D eigenvalue weighted by Crippen LogP contribution is -1.92. The smallest absolute Gasteiger partial charge is 0.211 e. The first-order valence-corrected chi connectivity index (χ1v) is 7.43. The molecule has 0 spiro atoms. The molecular formula is C16H26N2O2. The van der Waals surface area contributed by atoms with Crippen molar-refractivity contribution >= 4 is 23.2 Å². The van der Waals surface area contributed by atoms with Crippen LogP contribution in [-0.4, -0.2) is 11.4 Å². The number of unbranched alkanes of at least 4 members (excludes halogenated alkanes) is 1. The van der Waals surface area contributed by atoms with Crippen molar-refractivity contribution in [2.45, 2.75) is 53.9 Å². The maximum absolute atomic E-state index is 10.3. The van der Waals surface area contributed by atoms with Gasteiger partial charge in [0.1, 0.15) is 5.52 Å². The Labute approximate surface area is 121 Å². The molecule has 2 aromatic rings. The van der Waals surface area contributed by atoms with Gasteiger partial charge in [0.25, 0.3) is 0 Å². The monoisotopic (exact) mass is 278 g/mol. The zero-order valence-corrected chi connectivity index (χ0v) is 13.2. The summed E-state index contributed by atoms with van der Waals surface area (Å²) in [6, 6.07) is 5.43. The predicted molar refractivity (Wildman–Crippen MR) is 85.0 cm³/mol. The molecule has 1 amide bonds. The number of hydrogen-bond donors (Lipinski definition) is 1. The molecule has 2 rings (SSSR count). The van der Waals surface area contributed by atoms with Gasteiger partial charge in [0.2, 0.25) is 6.41 Å². The van der Waals surface area contributed by atoms with Crippen LogP contribution in [0.5, 0.6) is 0 Å². The van der Waals surface area contributed by atoms with Crippen LogP contribution in [0, 0.1) is 0 Å². The van der Waals surface area contributed by atoms with Crippen LogP contribution in [0.2, 0.25) is 0 Å². The first-order chi connectivity index (χ1) is 9.83. The van der Waals surface area contributed by atoms with Gasteiger partial charge in [-0.2, -0.15) is 0 Å². The summed E-state index contributed by atoms with van der Waals surface area (Å²) in [7, 11) is 0. The van der Waals surface area contributed by atoms with Gasteiger partial charge in [-0.25, -0.2) is 4.98 Å². The van der Waals surface area contributed by atoms with Crippen molar-refractivity contribution in [2.75, 3.05) is 5.32 Å². The Morgan fingerprint density at radius 1 is 1.25 bits per heavy atom. The number of fused-ring (bicyclic) bond motifs is 1. The molecule has 0 saturated heterocycles. The standard InChI is InChI=1S/C12H14N2O2.2C2H6/c1-2-3-4-12-14-10-7-9(13-8-15)5-6-11(10)16-12;2*1-2/h5-8H,2-4H2,1H3,(H,13,15);2*1-2H3. The number of hydrogen-bond acceptors (Lipinski definition) is 3. The van der Waals surface area contributed by atoms with Crippen LogP contribution in [0.25, 0.3) is 11.1 Å². The minimum atomic E-state index is 0.652. The number of aromatic nitrogens is 1. The summed E-state index contributed by atoms with van der Waals surface area (Å²) in [5.74, 6) is 0.764. The lowest BCUT2D eigenvalue weighted by Gasteiger charge is -1.95. The molecule has 0 fully saturated rings. The summed E-state index contributed by atoms with van der Waals surface area (Å²) in [4.78, 5) is 14.7. The zero-order valence-electron chi connectivity index (χ0n) is 13.2. The molecule has 0 aliphatic rings. The summed E-state index contributed by atoms with van der Waals surface area (Å²) in [5.41, 5.74) is 2.29. The van der Waals surface area contributed by atoms with Crippen LogP contribution >= 0.6 is 0 Å². The molecule has 0 bridgehead atoms. The molecule has 0 atom stereocenters.